The third-order valence-electron chi connectivity index (χ3n) is 2.34. The number of ether oxygens (including phenoxy) is 1. The molecule has 0 unspecified atom stereocenters. The van der Waals surface area contributed by atoms with E-state index < -0.39 is 11.8 Å². The van der Waals surface area contributed by atoms with E-state index in [1.807, 2.05) is 0 Å². The van der Waals surface area contributed by atoms with Gasteiger partial charge in [-0.2, -0.15) is 9.90 Å². The highest BCUT2D eigenvalue weighted by Gasteiger charge is 2.19. The van der Waals surface area contributed by atoms with Crippen molar-refractivity contribution >= 4 is 5.97 Å². The molecule has 94 valence electrons. The maximum atomic E-state index is 13.5. The van der Waals surface area contributed by atoms with Crippen LogP contribution in [0.2, 0.25) is 0 Å². The number of aryl methyl sites for hydroxylation is 1. The Kier molecular flexibility index (Phi) is 2.97. The summed E-state index contributed by atoms with van der Waals surface area (Å²) in [6.45, 7) is 0. The molecule has 1 aromatic carbocycles. The third-order valence-corrected chi connectivity index (χ3v) is 2.34. The van der Waals surface area contributed by atoms with Gasteiger partial charge in [-0.1, -0.05) is 0 Å². The second-order valence-electron chi connectivity index (χ2n) is 3.54. The Balaban J connectivity index is 2.55. The Morgan fingerprint density at radius 1 is 1.44 bits per heavy atom. The molecule has 0 aliphatic heterocycles. The monoisotopic (exact) mass is 251 g/mol. The van der Waals surface area contributed by atoms with Gasteiger partial charge in [-0.15, -0.1) is 5.10 Å². The number of rotatable bonds is 3. The summed E-state index contributed by atoms with van der Waals surface area (Å²) in [5, 5.41) is 16.6. The summed E-state index contributed by atoms with van der Waals surface area (Å²) in [5.41, 5.74) is 0.229. The van der Waals surface area contributed by atoms with Gasteiger partial charge in [0.1, 0.15) is 5.69 Å². The predicted octanol–water partition coefficient (Wildman–Crippen LogP) is 1.33. The highest BCUT2D eigenvalue weighted by molar-refractivity contribution is 5.92. The lowest BCUT2D eigenvalue weighted by Crippen LogP contribution is -2.00. The molecule has 0 amide bonds. The third kappa shape index (κ3) is 2.02. The Hall–Kier alpha value is -2.44. The number of carboxylic acid groups (broad SMARTS) is 1. The SMILES string of the molecule is COc1ccc(-c2nn(C)nc2C(=O)O)cc1F. The van der Waals surface area contributed by atoms with Crippen molar-refractivity contribution < 1.29 is 19.0 Å². The number of hydrogen-bond donors (Lipinski definition) is 1. The topological polar surface area (TPSA) is 77.2 Å². The summed E-state index contributed by atoms with van der Waals surface area (Å²) in [5.74, 6) is -1.72. The first-order valence-electron chi connectivity index (χ1n) is 5.01. The normalized spacial score (nSPS) is 10.4. The summed E-state index contributed by atoms with van der Waals surface area (Å²) in [4.78, 5) is 12.1. The highest BCUT2D eigenvalue weighted by atomic mass is 19.1. The first-order valence-corrected chi connectivity index (χ1v) is 5.01. The van der Waals surface area contributed by atoms with Gasteiger partial charge in [-0.25, -0.2) is 9.18 Å². The molecule has 1 aromatic heterocycles. The molecule has 0 spiro atoms. The largest absolute Gasteiger partial charge is 0.494 e. The lowest BCUT2D eigenvalue weighted by molar-refractivity contribution is 0.0690. The van der Waals surface area contributed by atoms with Gasteiger partial charge in [0.15, 0.2) is 17.3 Å². The predicted molar refractivity (Wildman–Crippen MR) is 59.9 cm³/mol. The molecule has 1 N–H and O–H groups in total. The molecular formula is C11H10FN3O3. The smallest absolute Gasteiger partial charge is 0.358 e. The van der Waals surface area contributed by atoms with Crippen LogP contribution in [0.3, 0.4) is 0 Å². The number of hydrogen-bond acceptors (Lipinski definition) is 4. The van der Waals surface area contributed by atoms with E-state index in [4.69, 9.17) is 9.84 Å². The zero-order valence-corrected chi connectivity index (χ0v) is 9.72. The van der Waals surface area contributed by atoms with Gasteiger partial charge in [-0.3, -0.25) is 0 Å². The van der Waals surface area contributed by atoms with Crippen LogP contribution in [-0.2, 0) is 7.05 Å². The zero-order chi connectivity index (χ0) is 13.3. The fourth-order valence-corrected chi connectivity index (χ4v) is 1.56. The zero-order valence-electron chi connectivity index (χ0n) is 9.72. The molecule has 0 radical (unpaired) electrons. The van der Waals surface area contributed by atoms with Crippen LogP contribution in [0, 0.1) is 5.82 Å². The molecular weight excluding hydrogens is 241 g/mol. The average Bonchev–Trinajstić information content (AvgIpc) is 2.71. The van der Waals surface area contributed by atoms with Crippen LogP contribution >= 0.6 is 0 Å². The van der Waals surface area contributed by atoms with Crippen LogP contribution in [0.5, 0.6) is 5.75 Å². The van der Waals surface area contributed by atoms with E-state index in [1.165, 1.54) is 26.3 Å². The molecule has 6 nitrogen and oxygen atoms in total. The number of halogens is 1. The van der Waals surface area contributed by atoms with Crippen LogP contribution in [0.1, 0.15) is 10.5 Å². The van der Waals surface area contributed by atoms with Crippen molar-refractivity contribution in [1.82, 2.24) is 15.0 Å². The Morgan fingerprint density at radius 3 is 2.72 bits per heavy atom. The van der Waals surface area contributed by atoms with Crippen molar-refractivity contribution in [3.8, 4) is 17.0 Å². The molecule has 0 bridgehead atoms. The highest BCUT2D eigenvalue weighted by Crippen LogP contribution is 2.25. The molecule has 0 saturated heterocycles. The van der Waals surface area contributed by atoms with Gasteiger partial charge >= 0.3 is 5.97 Å². The second kappa shape index (κ2) is 4.44. The number of aromatic nitrogens is 3. The lowest BCUT2D eigenvalue weighted by Gasteiger charge is -2.03. The summed E-state index contributed by atoms with van der Waals surface area (Å²) in [6.07, 6.45) is 0. The van der Waals surface area contributed by atoms with E-state index in [2.05, 4.69) is 10.2 Å². The van der Waals surface area contributed by atoms with Gasteiger partial charge in [0.2, 0.25) is 0 Å². The molecule has 2 rings (SSSR count). The van der Waals surface area contributed by atoms with E-state index >= 15 is 0 Å². The maximum absolute atomic E-state index is 13.5. The van der Waals surface area contributed by atoms with E-state index in [1.54, 1.807) is 0 Å². The number of carbonyl (C=O) groups is 1. The molecule has 0 aliphatic rings. The van der Waals surface area contributed by atoms with E-state index in [0.717, 1.165) is 10.9 Å². The van der Waals surface area contributed by atoms with E-state index in [9.17, 15) is 9.18 Å². The number of carboxylic acids is 1. The molecule has 0 fully saturated rings. The van der Waals surface area contributed by atoms with Crippen molar-refractivity contribution in [2.45, 2.75) is 0 Å². The summed E-state index contributed by atoms with van der Waals surface area (Å²) < 4.78 is 18.3. The maximum Gasteiger partial charge on any atom is 0.358 e. The summed E-state index contributed by atoms with van der Waals surface area (Å²) in [6, 6.07) is 4.10. The Labute approximate surface area is 102 Å². The van der Waals surface area contributed by atoms with Gasteiger partial charge < -0.3 is 9.84 Å². The number of benzene rings is 1. The van der Waals surface area contributed by atoms with Gasteiger partial charge in [0.05, 0.1) is 7.11 Å². The minimum Gasteiger partial charge on any atom is -0.494 e. The average molecular weight is 251 g/mol. The molecule has 0 aliphatic carbocycles. The number of aromatic carboxylic acids is 1. The van der Waals surface area contributed by atoms with Crippen LogP contribution < -0.4 is 4.74 Å². The van der Waals surface area contributed by atoms with Crippen LogP contribution in [-0.4, -0.2) is 33.2 Å². The summed E-state index contributed by atoms with van der Waals surface area (Å²) in [7, 11) is 2.85. The van der Waals surface area contributed by atoms with E-state index in [0.29, 0.717) is 5.56 Å². The lowest BCUT2D eigenvalue weighted by atomic mass is 10.1. The Bertz CT molecular complexity index is 610. The van der Waals surface area contributed by atoms with Crippen LogP contribution in [0.25, 0.3) is 11.3 Å². The minimum atomic E-state index is -1.21. The van der Waals surface area contributed by atoms with Gasteiger partial charge in [-0.05, 0) is 18.2 Å². The first-order chi connectivity index (χ1) is 8.52. The first kappa shape index (κ1) is 12.0. The molecule has 0 saturated carbocycles. The molecule has 0 atom stereocenters. The Morgan fingerprint density at radius 2 is 2.17 bits per heavy atom. The van der Waals surface area contributed by atoms with Crippen molar-refractivity contribution in [2.24, 2.45) is 7.05 Å². The van der Waals surface area contributed by atoms with Gasteiger partial charge in [0, 0.05) is 12.6 Å². The number of methoxy groups -OCH3 is 1. The van der Waals surface area contributed by atoms with Crippen molar-refractivity contribution in [1.29, 1.82) is 0 Å². The quantitative estimate of drug-likeness (QED) is 0.890. The standard InChI is InChI=1S/C11H10FN3O3/c1-15-13-9(10(14-15)11(16)17)6-3-4-8(18-2)7(12)5-6/h3-5H,1-2H3,(H,16,17). The van der Waals surface area contributed by atoms with Crippen molar-refractivity contribution in [3.05, 3.63) is 29.7 Å². The molecule has 2 aromatic rings. The fourth-order valence-electron chi connectivity index (χ4n) is 1.56. The molecule has 18 heavy (non-hydrogen) atoms. The fraction of sp³-hybridized carbons (Fsp3) is 0.182. The van der Waals surface area contributed by atoms with Crippen LogP contribution in [0.4, 0.5) is 4.39 Å². The van der Waals surface area contributed by atoms with E-state index in [-0.39, 0.29) is 17.1 Å². The van der Waals surface area contributed by atoms with Gasteiger partial charge in [0.25, 0.3) is 0 Å². The molecule has 7 heteroatoms. The number of nitrogens with zero attached hydrogens (tertiary/aromatic N) is 3. The minimum absolute atomic E-state index is 0.0829. The van der Waals surface area contributed by atoms with Crippen molar-refractivity contribution in [3.63, 3.8) is 0 Å². The molecule has 1 heterocycles. The van der Waals surface area contributed by atoms with Crippen LogP contribution in [0.15, 0.2) is 18.2 Å². The van der Waals surface area contributed by atoms with Crippen molar-refractivity contribution in [2.75, 3.05) is 7.11 Å². The summed E-state index contributed by atoms with van der Waals surface area (Å²) >= 11 is 0. The second-order valence-corrected chi connectivity index (χ2v) is 3.54.